The highest BCUT2D eigenvalue weighted by atomic mass is 14.9. The van der Waals surface area contributed by atoms with Gasteiger partial charge in [0.2, 0.25) is 0 Å². The van der Waals surface area contributed by atoms with Gasteiger partial charge in [0.05, 0.1) is 48.5 Å². The van der Waals surface area contributed by atoms with Gasteiger partial charge in [-0.15, -0.1) is 0 Å². The largest absolute Gasteiger partial charge is 0.309 e. The Kier molecular flexibility index (Phi) is 6.81. The molecule has 4 heteroatoms. The minimum Gasteiger partial charge on any atom is -0.309 e. The van der Waals surface area contributed by atoms with E-state index < -0.39 is 0 Å². The number of benzene rings is 11. The van der Waals surface area contributed by atoms with Crippen molar-refractivity contribution in [2.24, 2.45) is 0 Å². The Morgan fingerprint density at radius 3 is 1.21 bits per heavy atom. The van der Waals surface area contributed by atoms with Crippen molar-refractivity contribution in [2.45, 2.75) is 62.2 Å². The molecule has 82 heavy (non-hydrogen) atoms. The average Bonchev–Trinajstić information content (AvgIpc) is 1.55. The van der Waals surface area contributed by atoms with Gasteiger partial charge in [0.1, 0.15) is 0 Å². The molecule has 23 rings (SSSR count). The van der Waals surface area contributed by atoms with Crippen LogP contribution >= 0.6 is 0 Å². The van der Waals surface area contributed by atoms with Gasteiger partial charge in [-0.1, -0.05) is 173 Å². The van der Waals surface area contributed by atoms with Crippen molar-refractivity contribution in [3.63, 3.8) is 0 Å². The molecule has 0 N–H and O–H groups in total. The van der Waals surface area contributed by atoms with Gasteiger partial charge in [0.25, 0.3) is 0 Å². The fourth-order valence-corrected chi connectivity index (χ4v) is 18.8. The molecule has 0 amide bonds. The van der Waals surface area contributed by atoms with Crippen molar-refractivity contribution in [3.05, 3.63) is 288 Å². The maximum Gasteiger partial charge on any atom is 0.193 e. The highest BCUT2D eigenvalue weighted by molar-refractivity contribution is 6.39. The van der Waals surface area contributed by atoms with Crippen molar-refractivity contribution < 1.29 is 2.74 Å². The summed E-state index contributed by atoms with van der Waals surface area (Å²) in [6.45, 7) is 18.6. The summed E-state index contributed by atoms with van der Waals surface area (Å²) in [7, 11) is 0. The predicted octanol–water partition coefficient (Wildman–Crippen LogP) is 19.0. The average molecular weight is 1040 g/mol. The SMILES string of the molecule is [2H]c1c(C#N)c2c(c3c4c5c(cc6c7c8c9cc%10c(c%11c%12c%13c(c([N+]#[C-])c([2H])c%12n(c8ccc7n(c13)c64)c9%11)C1c3ccccc3C%13c3ccccc31)-c1ccccc1C%10(C)C)C(C)(C)c1ccccc1-5)C1c3ccccc3C2c2ccccc21. The molecule has 0 saturated heterocycles. The van der Waals surface area contributed by atoms with E-state index in [0.717, 1.165) is 87.3 Å². The number of hydrogen-bond donors (Lipinski definition) is 0. The molecule has 378 valence electrons. The Balaban J connectivity index is 0.997. The summed E-state index contributed by atoms with van der Waals surface area (Å²) < 4.78 is 26.2. The quantitative estimate of drug-likeness (QED) is 0.139. The molecule has 4 aromatic heterocycles. The summed E-state index contributed by atoms with van der Waals surface area (Å²) in [5.41, 5.74) is 30.2. The predicted molar refractivity (Wildman–Crippen MR) is 331 cm³/mol. The number of nitriles is 1. The van der Waals surface area contributed by atoms with Gasteiger partial charge in [0.15, 0.2) is 5.69 Å². The third-order valence-electron chi connectivity index (χ3n) is 21.7. The molecule has 0 spiro atoms. The molecule has 11 aromatic carbocycles. The monoisotopic (exact) mass is 1040 g/mol. The number of nitrogens with zero attached hydrogens (tertiary/aromatic N) is 4. The zero-order chi connectivity index (χ0) is 55.6. The van der Waals surface area contributed by atoms with Crippen molar-refractivity contribution in [2.75, 3.05) is 0 Å². The molecular formula is C78H46N4. The Morgan fingerprint density at radius 2 is 0.793 bits per heavy atom. The molecule has 0 atom stereocenters. The van der Waals surface area contributed by atoms with Crippen molar-refractivity contribution in [1.29, 1.82) is 5.26 Å². The van der Waals surface area contributed by atoms with Gasteiger partial charge in [-0.3, -0.25) is 0 Å². The van der Waals surface area contributed by atoms with Crippen LogP contribution in [0, 0.1) is 17.9 Å². The van der Waals surface area contributed by atoms with E-state index in [2.05, 4.69) is 217 Å². The Bertz CT molecular complexity index is 5430. The molecule has 0 radical (unpaired) electrons. The fraction of sp³-hybridized carbons (Fsp3) is 0.128. The van der Waals surface area contributed by atoms with Gasteiger partial charge in [-0.05, 0) is 148 Å². The highest BCUT2D eigenvalue weighted by Crippen LogP contribution is 2.66. The Labute approximate surface area is 474 Å². The molecule has 15 aromatic rings. The van der Waals surface area contributed by atoms with Crippen LogP contribution in [0.2, 0.25) is 0 Å². The summed E-state index contributed by atoms with van der Waals surface area (Å²) >= 11 is 0. The Hall–Kier alpha value is -10.0. The molecule has 0 aliphatic heterocycles. The second-order valence-corrected chi connectivity index (χ2v) is 25.6. The van der Waals surface area contributed by atoms with E-state index in [1.807, 2.05) is 0 Å². The van der Waals surface area contributed by atoms with Gasteiger partial charge >= 0.3 is 0 Å². The van der Waals surface area contributed by atoms with Crippen LogP contribution in [0.3, 0.4) is 0 Å². The minimum atomic E-state index is -0.371. The summed E-state index contributed by atoms with van der Waals surface area (Å²) in [5.74, 6) is -0.629. The number of hydrogen-bond acceptors (Lipinski definition) is 1. The molecule has 4 nitrogen and oxygen atoms in total. The standard InChI is InChI=1S/C78H46N4/c1-77(2)50-28-16-14-26-46(50)64-52(77)33-48-66-55(81-57-32-37(36-79)59-60-38-18-6-10-22-42(38)62(43-23-11-7-19-39(43)60)71(59)69(57)73(64)75(48)81)30-31-56-67(66)49-34-53-65(47-27-15-17-29-51(47)78(53,3)4)74-70-58(82(56)76(49)74)35-54(80-5)68-61-40-20-8-12-24-44(40)63(72(68)70)45-25-13-9-21-41(45)61/h6-35,60-63H,1-4H3/i32D,35D. The summed E-state index contributed by atoms with van der Waals surface area (Å²) in [6, 6.07) is 66.2. The van der Waals surface area contributed by atoms with Crippen molar-refractivity contribution >= 4 is 81.9 Å². The molecule has 8 aliphatic rings. The molecule has 0 unspecified atom stereocenters. The molecule has 4 heterocycles. The lowest BCUT2D eigenvalue weighted by atomic mass is 9.59. The van der Waals surface area contributed by atoms with E-state index in [1.165, 1.54) is 100 Å². The highest BCUT2D eigenvalue weighted by Gasteiger charge is 2.49. The zero-order valence-electron chi connectivity index (χ0n) is 47.3. The molecule has 4 bridgehead atoms. The third-order valence-corrected chi connectivity index (χ3v) is 21.7. The minimum absolute atomic E-state index is 0.130. The Morgan fingerprint density at radius 1 is 0.427 bits per heavy atom. The van der Waals surface area contributed by atoms with Crippen LogP contribution in [-0.4, -0.2) is 8.80 Å². The van der Waals surface area contributed by atoms with Gasteiger partial charge in [0, 0.05) is 83.1 Å². The zero-order valence-corrected chi connectivity index (χ0v) is 45.3. The molecular weight excluding hydrogens is 993 g/mol. The number of aromatic nitrogens is 2. The maximum absolute atomic E-state index is 11.7. The van der Waals surface area contributed by atoms with E-state index >= 15 is 0 Å². The van der Waals surface area contributed by atoms with Crippen molar-refractivity contribution in [3.8, 4) is 28.3 Å². The van der Waals surface area contributed by atoms with E-state index in [4.69, 9.17) is 6.57 Å². The van der Waals surface area contributed by atoms with Crippen LogP contribution in [-0.2, 0) is 10.8 Å². The lowest BCUT2D eigenvalue weighted by Gasteiger charge is -2.43. The van der Waals surface area contributed by atoms with E-state index in [0.29, 0.717) is 11.3 Å². The third kappa shape index (κ3) is 4.34. The second kappa shape index (κ2) is 13.6. The first-order valence-electron chi connectivity index (χ1n) is 30.0. The lowest BCUT2D eigenvalue weighted by molar-refractivity contribution is 0.661. The van der Waals surface area contributed by atoms with Crippen molar-refractivity contribution in [1.82, 2.24) is 8.80 Å². The van der Waals surface area contributed by atoms with Gasteiger partial charge in [-0.2, -0.15) is 5.26 Å². The summed E-state index contributed by atoms with van der Waals surface area (Å²) in [4.78, 5) is 4.44. The second-order valence-electron chi connectivity index (χ2n) is 25.6. The van der Waals surface area contributed by atoms with Crippen LogP contribution in [0.5, 0.6) is 0 Å². The van der Waals surface area contributed by atoms with Crippen LogP contribution in [0.4, 0.5) is 5.69 Å². The lowest BCUT2D eigenvalue weighted by Crippen LogP contribution is -2.28. The smallest absolute Gasteiger partial charge is 0.193 e. The first kappa shape index (κ1) is 41.1. The number of fused-ring (bicyclic) bond motifs is 21. The van der Waals surface area contributed by atoms with E-state index in [-0.39, 0.29) is 46.6 Å². The van der Waals surface area contributed by atoms with Gasteiger partial charge < -0.3 is 8.80 Å². The molecule has 0 fully saturated rings. The van der Waals surface area contributed by atoms with Crippen LogP contribution < -0.4 is 0 Å². The van der Waals surface area contributed by atoms with Crippen LogP contribution in [0.1, 0.15) is 149 Å². The first-order chi connectivity index (χ1) is 41.1. The number of rotatable bonds is 0. The first-order valence-corrected chi connectivity index (χ1v) is 29.0. The van der Waals surface area contributed by atoms with Crippen LogP contribution in [0.15, 0.2) is 182 Å². The van der Waals surface area contributed by atoms with Crippen LogP contribution in [0.25, 0.3) is 103 Å². The van der Waals surface area contributed by atoms with Gasteiger partial charge in [-0.25, -0.2) is 4.85 Å². The summed E-state index contributed by atoms with van der Waals surface area (Å²) in [5, 5.41) is 20.7. The maximum atomic E-state index is 11.7. The summed E-state index contributed by atoms with van der Waals surface area (Å²) in [6.07, 6.45) is 0. The molecule has 8 aliphatic carbocycles. The van der Waals surface area contributed by atoms with E-state index in [1.54, 1.807) is 0 Å². The molecule has 0 saturated carbocycles. The normalized spacial score (nSPS) is 19.5. The van der Waals surface area contributed by atoms with E-state index in [9.17, 15) is 8.00 Å². The fourth-order valence-electron chi connectivity index (χ4n) is 18.8. The topological polar surface area (TPSA) is 37.0 Å².